The van der Waals surface area contributed by atoms with Gasteiger partial charge in [-0.2, -0.15) is 0 Å². The van der Waals surface area contributed by atoms with Crippen LogP contribution in [0.1, 0.15) is 55.1 Å². The van der Waals surface area contributed by atoms with Gasteiger partial charge in [0.1, 0.15) is 5.01 Å². The Balaban J connectivity index is 3.29. The standard InChI is InChI=1S/C15H22N2S/c1-7-8-12(9-16-6)15-17-13(10(2)3)14(18-15)11(4)5/h7-11H,1H2,2-6H3/b12-8+,16-9?. The van der Waals surface area contributed by atoms with Crippen LogP contribution in [-0.4, -0.2) is 18.2 Å². The zero-order chi connectivity index (χ0) is 13.7. The molecule has 0 N–H and O–H groups in total. The van der Waals surface area contributed by atoms with Crippen molar-refractivity contribution in [2.45, 2.75) is 39.5 Å². The highest BCUT2D eigenvalue weighted by Gasteiger charge is 2.17. The average molecular weight is 262 g/mol. The number of allylic oxidation sites excluding steroid dienone is 3. The van der Waals surface area contributed by atoms with Crippen molar-refractivity contribution in [3.05, 3.63) is 34.3 Å². The monoisotopic (exact) mass is 262 g/mol. The van der Waals surface area contributed by atoms with Crippen molar-refractivity contribution in [1.82, 2.24) is 4.98 Å². The smallest absolute Gasteiger partial charge is 0.125 e. The molecule has 0 saturated heterocycles. The Hall–Kier alpha value is -1.22. The SMILES string of the molecule is C=C/C=C(\C=NC)c1nc(C(C)C)c(C(C)C)s1. The molecule has 0 aliphatic heterocycles. The van der Waals surface area contributed by atoms with Gasteiger partial charge in [-0.1, -0.05) is 46.4 Å². The largest absolute Gasteiger partial charge is 0.296 e. The minimum absolute atomic E-state index is 0.455. The lowest BCUT2D eigenvalue weighted by Gasteiger charge is -2.07. The quantitative estimate of drug-likeness (QED) is 0.559. The molecule has 1 aromatic heterocycles. The van der Waals surface area contributed by atoms with Gasteiger partial charge in [0.15, 0.2) is 0 Å². The summed E-state index contributed by atoms with van der Waals surface area (Å²) in [5.74, 6) is 0.966. The van der Waals surface area contributed by atoms with Crippen molar-refractivity contribution in [2.75, 3.05) is 7.05 Å². The Morgan fingerprint density at radius 1 is 1.28 bits per heavy atom. The van der Waals surface area contributed by atoms with E-state index in [4.69, 9.17) is 4.98 Å². The van der Waals surface area contributed by atoms with Gasteiger partial charge < -0.3 is 0 Å². The van der Waals surface area contributed by atoms with Crippen LogP contribution in [0.5, 0.6) is 0 Å². The fourth-order valence-electron chi connectivity index (χ4n) is 1.73. The fourth-order valence-corrected chi connectivity index (χ4v) is 2.94. The average Bonchev–Trinajstić information content (AvgIpc) is 2.73. The number of rotatable bonds is 5. The Morgan fingerprint density at radius 3 is 2.33 bits per heavy atom. The van der Waals surface area contributed by atoms with E-state index in [0.29, 0.717) is 11.8 Å². The summed E-state index contributed by atoms with van der Waals surface area (Å²) in [4.78, 5) is 10.2. The molecule has 0 unspecified atom stereocenters. The lowest BCUT2D eigenvalue weighted by atomic mass is 10.0. The number of hydrogen-bond acceptors (Lipinski definition) is 3. The molecule has 2 nitrogen and oxygen atoms in total. The van der Waals surface area contributed by atoms with Gasteiger partial charge in [0.05, 0.1) is 5.69 Å². The zero-order valence-corrected chi connectivity index (χ0v) is 12.7. The van der Waals surface area contributed by atoms with Crippen LogP contribution in [0.3, 0.4) is 0 Å². The van der Waals surface area contributed by atoms with Gasteiger partial charge in [-0.3, -0.25) is 4.99 Å². The molecule has 1 aromatic rings. The molecule has 18 heavy (non-hydrogen) atoms. The molecular weight excluding hydrogens is 240 g/mol. The Morgan fingerprint density at radius 2 is 1.94 bits per heavy atom. The number of aliphatic imine (C=N–C) groups is 1. The molecule has 0 aliphatic rings. The molecule has 0 spiro atoms. The maximum atomic E-state index is 4.78. The first-order valence-corrected chi connectivity index (χ1v) is 7.08. The summed E-state index contributed by atoms with van der Waals surface area (Å²) in [5.41, 5.74) is 2.25. The number of aromatic nitrogens is 1. The number of thiazole rings is 1. The highest BCUT2D eigenvalue weighted by Crippen LogP contribution is 2.33. The molecular formula is C15H22N2S. The van der Waals surface area contributed by atoms with E-state index in [1.165, 1.54) is 10.6 Å². The van der Waals surface area contributed by atoms with E-state index in [2.05, 4.69) is 39.3 Å². The highest BCUT2D eigenvalue weighted by atomic mass is 32.1. The van der Waals surface area contributed by atoms with E-state index < -0.39 is 0 Å². The summed E-state index contributed by atoms with van der Waals surface area (Å²) in [5, 5.41) is 1.04. The van der Waals surface area contributed by atoms with Gasteiger partial charge in [0.2, 0.25) is 0 Å². The Bertz CT molecular complexity index is 439. The number of hydrogen-bond donors (Lipinski definition) is 0. The minimum atomic E-state index is 0.455. The predicted octanol–water partition coefficient (Wildman–Crippen LogP) is 4.66. The molecule has 0 amide bonds. The maximum Gasteiger partial charge on any atom is 0.125 e. The molecule has 0 saturated carbocycles. The van der Waals surface area contributed by atoms with Crippen LogP contribution in [0.25, 0.3) is 5.57 Å². The third-order valence-electron chi connectivity index (χ3n) is 2.56. The van der Waals surface area contributed by atoms with E-state index >= 15 is 0 Å². The van der Waals surface area contributed by atoms with Gasteiger partial charge in [-0.05, 0) is 11.8 Å². The van der Waals surface area contributed by atoms with Crippen molar-refractivity contribution in [3.63, 3.8) is 0 Å². The van der Waals surface area contributed by atoms with Gasteiger partial charge in [0, 0.05) is 23.7 Å². The lowest BCUT2D eigenvalue weighted by Crippen LogP contribution is -1.95. The molecule has 0 aliphatic carbocycles. The minimum Gasteiger partial charge on any atom is -0.296 e. The van der Waals surface area contributed by atoms with Crippen molar-refractivity contribution in [3.8, 4) is 0 Å². The van der Waals surface area contributed by atoms with Crippen molar-refractivity contribution >= 4 is 23.1 Å². The van der Waals surface area contributed by atoms with E-state index in [1.807, 2.05) is 12.3 Å². The maximum absolute atomic E-state index is 4.78. The predicted molar refractivity (Wildman–Crippen MR) is 82.9 cm³/mol. The van der Waals surface area contributed by atoms with Gasteiger partial charge >= 0.3 is 0 Å². The van der Waals surface area contributed by atoms with E-state index in [-0.39, 0.29) is 0 Å². The normalized spacial score (nSPS) is 12.9. The van der Waals surface area contributed by atoms with Crippen LogP contribution in [0, 0.1) is 0 Å². The van der Waals surface area contributed by atoms with E-state index in [1.54, 1.807) is 24.5 Å². The topological polar surface area (TPSA) is 25.2 Å². The zero-order valence-electron chi connectivity index (χ0n) is 11.9. The van der Waals surface area contributed by atoms with Crippen molar-refractivity contribution in [2.24, 2.45) is 4.99 Å². The van der Waals surface area contributed by atoms with Gasteiger partial charge in [0.25, 0.3) is 0 Å². The van der Waals surface area contributed by atoms with Crippen molar-refractivity contribution in [1.29, 1.82) is 0 Å². The summed E-state index contributed by atoms with van der Waals surface area (Å²) < 4.78 is 0. The molecule has 1 heterocycles. The third kappa shape index (κ3) is 3.39. The van der Waals surface area contributed by atoms with Crippen LogP contribution in [0.4, 0.5) is 0 Å². The summed E-state index contributed by atoms with van der Waals surface area (Å²) in [6, 6.07) is 0. The molecule has 0 atom stereocenters. The molecule has 0 bridgehead atoms. The van der Waals surface area contributed by atoms with Crippen molar-refractivity contribution < 1.29 is 0 Å². The molecule has 0 fully saturated rings. The van der Waals surface area contributed by atoms with Crippen LogP contribution in [0.15, 0.2) is 23.7 Å². The molecule has 98 valence electrons. The molecule has 0 radical (unpaired) electrons. The lowest BCUT2D eigenvalue weighted by molar-refractivity contribution is 0.780. The Kier molecular flexibility index (Phi) is 5.48. The summed E-state index contributed by atoms with van der Waals surface area (Å²) in [6.45, 7) is 12.6. The fraction of sp³-hybridized carbons (Fsp3) is 0.467. The summed E-state index contributed by atoms with van der Waals surface area (Å²) in [7, 11) is 1.78. The molecule has 0 aromatic carbocycles. The second-order valence-electron chi connectivity index (χ2n) is 4.82. The summed E-state index contributed by atoms with van der Waals surface area (Å²) >= 11 is 1.77. The van der Waals surface area contributed by atoms with Gasteiger partial charge in [-0.25, -0.2) is 4.98 Å². The van der Waals surface area contributed by atoms with Gasteiger partial charge in [-0.15, -0.1) is 11.3 Å². The van der Waals surface area contributed by atoms with Crippen LogP contribution < -0.4 is 0 Å². The molecule has 3 heteroatoms. The first kappa shape index (κ1) is 14.8. The highest BCUT2D eigenvalue weighted by molar-refractivity contribution is 7.13. The van der Waals surface area contributed by atoms with E-state index in [9.17, 15) is 0 Å². The third-order valence-corrected chi connectivity index (χ3v) is 3.99. The second kappa shape index (κ2) is 6.64. The van der Waals surface area contributed by atoms with E-state index in [0.717, 1.165) is 10.6 Å². The molecule has 1 rings (SSSR count). The number of nitrogens with zero attached hydrogens (tertiary/aromatic N) is 2. The van der Waals surface area contributed by atoms with Crippen LogP contribution in [0.2, 0.25) is 0 Å². The van der Waals surface area contributed by atoms with Crippen LogP contribution >= 0.6 is 11.3 Å². The Labute approximate surface area is 114 Å². The first-order chi connectivity index (χ1) is 8.51. The summed E-state index contributed by atoms with van der Waals surface area (Å²) in [6.07, 6.45) is 5.58. The first-order valence-electron chi connectivity index (χ1n) is 6.27. The second-order valence-corrected chi connectivity index (χ2v) is 5.85. The van der Waals surface area contributed by atoms with Crippen LogP contribution in [-0.2, 0) is 0 Å².